The SMILES string of the molecule is CC(NS(=O)(=O)c1c[nH]c(C(=O)N2CCCC2)c1)c1cccc(Cl)c1. The molecule has 1 aromatic carbocycles. The van der Waals surface area contributed by atoms with Gasteiger partial charge in [0.2, 0.25) is 10.0 Å². The number of aromatic amines is 1. The molecule has 0 spiro atoms. The maximum absolute atomic E-state index is 12.6. The molecule has 1 unspecified atom stereocenters. The van der Waals surface area contributed by atoms with Crippen LogP contribution in [-0.2, 0) is 10.0 Å². The van der Waals surface area contributed by atoms with Crippen LogP contribution < -0.4 is 4.72 Å². The quantitative estimate of drug-likeness (QED) is 0.835. The Morgan fingerprint density at radius 1 is 1.28 bits per heavy atom. The number of nitrogens with one attached hydrogen (secondary N) is 2. The molecular formula is C17H20ClN3O3S. The number of carbonyl (C=O) groups excluding carboxylic acids is 1. The van der Waals surface area contributed by atoms with Crippen LogP contribution in [0.1, 0.15) is 41.9 Å². The van der Waals surface area contributed by atoms with Gasteiger partial charge in [0, 0.05) is 30.4 Å². The zero-order valence-corrected chi connectivity index (χ0v) is 15.4. The highest BCUT2D eigenvalue weighted by molar-refractivity contribution is 7.89. The second-order valence-electron chi connectivity index (χ2n) is 6.15. The molecule has 0 bridgehead atoms. The molecule has 8 heteroatoms. The molecule has 1 saturated heterocycles. The topological polar surface area (TPSA) is 82.3 Å². The van der Waals surface area contributed by atoms with Crippen molar-refractivity contribution >= 4 is 27.5 Å². The van der Waals surface area contributed by atoms with E-state index < -0.39 is 16.1 Å². The molecule has 3 rings (SSSR count). The Morgan fingerprint density at radius 3 is 2.68 bits per heavy atom. The molecule has 0 aliphatic carbocycles. The molecule has 1 amide bonds. The van der Waals surface area contributed by atoms with Gasteiger partial charge in [-0.05, 0) is 43.5 Å². The van der Waals surface area contributed by atoms with Gasteiger partial charge in [0.05, 0.1) is 0 Å². The molecule has 1 fully saturated rings. The summed E-state index contributed by atoms with van der Waals surface area (Å²) in [4.78, 5) is 16.9. The van der Waals surface area contributed by atoms with Crippen molar-refractivity contribution in [3.63, 3.8) is 0 Å². The summed E-state index contributed by atoms with van der Waals surface area (Å²) < 4.78 is 27.7. The molecule has 0 radical (unpaired) electrons. The summed E-state index contributed by atoms with van der Waals surface area (Å²) >= 11 is 5.95. The van der Waals surface area contributed by atoms with Gasteiger partial charge in [-0.25, -0.2) is 13.1 Å². The summed E-state index contributed by atoms with van der Waals surface area (Å²) in [5.74, 6) is -0.165. The van der Waals surface area contributed by atoms with Gasteiger partial charge in [0.1, 0.15) is 10.6 Å². The van der Waals surface area contributed by atoms with Crippen LogP contribution in [0.2, 0.25) is 5.02 Å². The summed E-state index contributed by atoms with van der Waals surface area (Å²) in [6.07, 6.45) is 3.31. The number of aromatic nitrogens is 1. The van der Waals surface area contributed by atoms with Gasteiger partial charge in [-0.2, -0.15) is 0 Å². The second kappa shape index (κ2) is 7.19. The van der Waals surface area contributed by atoms with Gasteiger partial charge in [0.25, 0.3) is 5.91 Å². The third-order valence-corrected chi connectivity index (χ3v) is 6.03. The Balaban J connectivity index is 1.75. The Labute approximate surface area is 152 Å². The first kappa shape index (κ1) is 18.0. The van der Waals surface area contributed by atoms with E-state index in [2.05, 4.69) is 9.71 Å². The lowest BCUT2D eigenvalue weighted by atomic mass is 10.1. The molecule has 2 aromatic rings. The largest absolute Gasteiger partial charge is 0.356 e. The Kier molecular flexibility index (Phi) is 5.17. The van der Waals surface area contributed by atoms with Gasteiger partial charge in [-0.1, -0.05) is 23.7 Å². The van der Waals surface area contributed by atoms with E-state index >= 15 is 0 Å². The number of H-pyrrole nitrogens is 1. The van der Waals surface area contributed by atoms with Crippen molar-refractivity contribution in [2.24, 2.45) is 0 Å². The standard InChI is InChI=1S/C17H20ClN3O3S/c1-12(13-5-4-6-14(18)9-13)20-25(23,24)15-10-16(19-11-15)17(22)21-7-2-3-8-21/h4-6,9-12,19-20H,2-3,7-8H2,1H3. The van der Waals surface area contributed by atoms with Gasteiger partial charge in [0.15, 0.2) is 0 Å². The maximum atomic E-state index is 12.6. The number of rotatable bonds is 5. The molecule has 25 heavy (non-hydrogen) atoms. The van der Waals surface area contributed by atoms with Gasteiger partial charge in [-0.3, -0.25) is 4.79 Å². The lowest BCUT2D eigenvalue weighted by Gasteiger charge is -2.14. The smallest absolute Gasteiger partial charge is 0.270 e. The minimum absolute atomic E-state index is 0.0453. The van der Waals surface area contributed by atoms with E-state index in [9.17, 15) is 13.2 Å². The van der Waals surface area contributed by atoms with Crippen molar-refractivity contribution in [2.45, 2.75) is 30.7 Å². The molecule has 134 valence electrons. The fourth-order valence-electron chi connectivity index (χ4n) is 2.89. The lowest BCUT2D eigenvalue weighted by molar-refractivity contribution is 0.0787. The van der Waals surface area contributed by atoms with Crippen LogP contribution in [0.15, 0.2) is 41.4 Å². The van der Waals surface area contributed by atoms with Gasteiger partial charge in [-0.15, -0.1) is 0 Å². The van der Waals surface area contributed by atoms with E-state index in [0.717, 1.165) is 18.4 Å². The average Bonchev–Trinajstić information content (AvgIpc) is 3.26. The van der Waals surface area contributed by atoms with Crippen molar-refractivity contribution in [1.82, 2.24) is 14.6 Å². The Bertz CT molecular complexity index is 873. The van der Waals surface area contributed by atoms with E-state index in [4.69, 9.17) is 11.6 Å². The molecule has 2 heterocycles. The fraction of sp³-hybridized carbons (Fsp3) is 0.353. The summed E-state index contributed by atoms with van der Waals surface area (Å²) in [6.45, 7) is 3.17. The number of amides is 1. The Hall–Kier alpha value is -1.83. The summed E-state index contributed by atoms with van der Waals surface area (Å²) in [5.41, 5.74) is 1.05. The zero-order chi connectivity index (χ0) is 18.0. The van der Waals surface area contributed by atoms with Crippen molar-refractivity contribution in [2.75, 3.05) is 13.1 Å². The summed E-state index contributed by atoms with van der Waals surface area (Å²) in [7, 11) is -3.75. The fourth-order valence-corrected chi connectivity index (χ4v) is 4.31. The van der Waals surface area contributed by atoms with Crippen LogP contribution in [0.25, 0.3) is 0 Å². The van der Waals surface area contributed by atoms with Crippen molar-refractivity contribution < 1.29 is 13.2 Å². The van der Waals surface area contributed by atoms with Crippen molar-refractivity contribution in [3.8, 4) is 0 Å². The minimum Gasteiger partial charge on any atom is -0.356 e. The number of likely N-dealkylation sites (tertiary alicyclic amines) is 1. The van der Waals surface area contributed by atoms with Crippen LogP contribution in [0, 0.1) is 0 Å². The van der Waals surface area contributed by atoms with E-state index in [1.165, 1.54) is 12.3 Å². The first-order chi connectivity index (χ1) is 11.9. The molecule has 6 nitrogen and oxygen atoms in total. The van der Waals surface area contributed by atoms with Gasteiger partial charge >= 0.3 is 0 Å². The molecule has 1 atom stereocenters. The third kappa shape index (κ3) is 4.05. The normalized spacial score (nSPS) is 16.2. The monoisotopic (exact) mass is 381 g/mol. The van der Waals surface area contributed by atoms with E-state index in [1.807, 2.05) is 0 Å². The summed E-state index contributed by atoms with van der Waals surface area (Å²) in [5, 5.41) is 0.545. The van der Waals surface area contributed by atoms with Crippen LogP contribution >= 0.6 is 11.6 Å². The number of benzene rings is 1. The van der Waals surface area contributed by atoms with Crippen LogP contribution in [-0.4, -0.2) is 37.3 Å². The highest BCUT2D eigenvalue weighted by Gasteiger charge is 2.24. The predicted octanol–water partition coefficient (Wildman–Crippen LogP) is 2.94. The first-order valence-corrected chi connectivity index (χ1v) is 9.98. The average molecular weight is 382 g/mol. The highest BCUT2D eigenvalue weighted by atomic mass is 35.5. The van der Waals surface area contributed by atoms with E-state index in [1.54, 1.807) is 36.1 Å². The van der Waals surface area contributed by atoms with Crippen LogP contribution in [0.3, 0.4) is 0 Å². The number of sulfonamides is 1. The zero-order valence-electron chi connectivity index (χ0n) is 13.8. The summed E-state index contributed by atoms with van der Waals surface area (Å²) in [6, 6.07) is 7.96. The van der Waals surface area contributed by atoms with Gasteiger partial charge < -0.3 is 9.88 Å². The van der Waals surface area contributed by atoms with Crippen LogP contribution in [0.4, 0.5) is 0 Å². The first-order valence-electron chi connectivity index (χ1n) is 8.12. The molecular weight excluding hydrogens is 362 g/mol. The van der Waals surface area contributed by atoms with Crippen molar-refractivity contribution in [3.05, 3.63) is 52.8 Å². The number of hydrogen-bond donors (Lipinski definition) is 2. The lowest BCUT2D eigenvalue weighted by Crippen LogP contribution is -2.28. The molecule has 0 saturated carbocycles. The molecule has 1 aliphatic heterocycles. The minimum atomic E-state index is -3.75. The Morgan fingerprint density at radius 2 is 2.00 bits per heavy atom. The van der Waals surface area contributed by atoms with Crippen molar-refractivity contribution in [1.29, 1.82) is 0 Å². The van der Waals surface area contributed by atoms with Crippen LogP contribution in [0.5, 0.6) is 0 Å². The molecule has 1 aromatic heterocycles. The molecule has 1 aliphatic rings. The maximum Gasteiger partial charge on any atom is 0.270 e. The number of halogens is 1. The third-order valence-electron chi connectivity index (χ3n) is 4.27. The van der Waals surface area contributed by atoms with E-state index in [0.29, 0.717) is 18.1 Å². The highest BCUT2D eigenvalue weighted by Crippen LogP contribution is 2.21. The predicted molar refractivity (Wildman–Crippen MR) is 96.1 cm³/mol. The second-order valence-corrected chi connectivity index (χ2v) is 8.30. The number of carbonyl (C=O) groups is 1. The van der Waals surface area contributed by atoms with E-state index in [-0.39, 0.29) is 16.5 Å². The number of nitrogens with zero attached hydrogens (tertiary/aromatic N) is 1. The molecule has 2 N–H and O–H groups in total. The number of hydrogen-bond acceptors (Lipinski definition) is 3.